The minimum Gasteiger partial charge on any atom is -0.483 e. The number of nitrogens with zero attached hydrogens (tertiary/aromatic N) is 2. The number of benzene rings is 1. The Morgan fingerprint density at radius 1 is 1.01 bits per heavy atom. The fraction of sp³-hybridized carbons (Fsp3) is 0.812. The molecule has 20 heteroatoms. The number of carboxylic acid groups (broad SMARTS) is 1. The number of nitrogens with one attached hydrogen (secondary N) is 2. The van der Waals surface area contributed by atoms with E-state index in [9.17, 15) is 39.5 Å². The summed E-state index contributed by atoms with van der Waals surface area (Å²) < 4.78 is 51.6. The number of cyclic esters (lactones) is 1. The van der Waals surface area contributed by atoms with E-state index in [4.69, 9.17) is 38.3 Å². The molecule has 0 radical (unpaired) electrons. The van der Waals surface area contributed by atoms with Gasteiger partial charge < -0.3 is 74.6 Å². The third-order valence-corrected chi connectivity index (χ3v) is 14.0. The van der Waals surface area contributed by atoms with Crippen molar-refractivity contribution in [3.8, 4) is 0 Å². The number of amides is 2. The highest BCUT2D eigenvalue weighted by Crippen LogP contribution is 2.40. The minimum atomic E-state index is -1.94. The van der Waals surface area contributed by atoms with E-state index < -0.39 is 108 Å². The van der Waals surface area contributed by atoms with E-state index in [0.717, 1.165) is 0 Å². The molecule has 0 spiro atoms. The van der Waals surface area contributed by atoms with Crippen LogP contribution in [-0.2, 0) is 38.0 Å². The molecule has 3 heterocycles. The average molecular weight is 975 g/mol. The van der Waals surface area contributed by atoms with Gasteiger partial charge in [0.2, 0.25) is 0 Å². The van der Waals surface area contributed by atoms with Crippen LogP contribution in [0.1, 0.15) is 101 Å². The smallest absolute Gasteiger partial charge is 0.319 e. The summed E-state index contributed by atoms with van der Waals surface area (Å²) in [6.45, 7) is 17.9. The van der Waals surface area contributed by atoms with E-state index in [2.05, 4.69) is 10.6 Å². The largest absolute Gasteiger partial charge is 0.483 e. The summed E-state index contributed by atoms with van der Waals surface area (Å²) >= 11 is 0. The number of urea groups is 1. The van der Waals surface area contributed by atoms with Crippen LogP contribution in [-0.4, -0.2) is 190 Å². The van der Waals surface area contributed by atoms with Crippen LogP contribution in [0.15, 0.2) is 24.3 Å². The van der Waals surface area contributed by atoms with Crippen molar-refractivity contribution in [1.29, 1.82) is 0 Å². The molecule has 18 atom stereocenters. The number of hydrogen-bond donors (Lipinski definition) is 8. The van der Waals surface area contributed by atoms with Crippen LogP contribution in [0.5, 0.6) is 0 Å². The molecule has 0 aromatic heterocycles. The van der Waals surface area contributed by atoms with Crippen molar-refractivity contribution in [2.75, 3.05) is 46.2 Å². The van der Waals surface area contributed by atoms with Gasteiger partial charge in [-0.2, -0.15) is 0 Å². The Morgan fingerprint density at radius 3 is 2.25 bits per heavy atom. The molecule has 8 N–H and O–H groups in total. The number of anilines is 1. The molecule has 1 aromatic carbocycles. The maximum Gasteiger partial charge on any atom is 0.319 e. The number of halogens is 1. The predicted molar refractivity (Wildman–Crippen MR) is 250 cm³/mol. The highest BCUT2D eigenvalue weighted by atomic mass is 19.1. The van der Waals surface area contributed by atoms with Crippen LogP contribution in [0.4, 0.5) is 14.9 Å². The molecule has 0 bridgehead atoms. The van der Waals surface area contributed by atoms with Gasteiger partial charge in [-0.05, 0) is 112 Å². The zero-order valence-corrected chi connectivity index (χ0v) is 42.3. The zero-order chi connectivity index (χ0) is 51.5. The molecule has 4 rings (SSSR count). The Bertz CT molecular complexity index is 1730. The summed E-state index contributed by atoms with van der Waals surface area (Å²) in [6.07, 6.45) is -8.85. The first-order valence-corrected chi connectivity index (χ1v) is 23.8. The highest BCUT2D eigenvalue weighted by molar-refractivity contribution is 5.89. The number of aliphatic hydroxyl groups is 5. The maximum absolute atomic E-state index is 14.5. The predicted octanol–water partition coefficient (Wildman–Crippen LogP) is 3.32. The SMILES string of the molecule is CC[C@H]1OC(=O)[C@H](C)[C@@H](O[C@H]2C[C@@](C)(OC)[C@@H](O)[C@H](C)O2)[C@H](C)[C@@H](O[C@@H]2O[C@H](C)C[C@H](N(C)C)[C@H]2O)[C@](C)(O)C[C@@H](C)CN(CCCNC(=O)Nc2cccc(F)c2)[C@H](C)[C@@H](O)[C@]1(C)O.O=CO. The molecule has 3 aliphatic heterocycles. The lowest BCUT2D eigenvalue weighted by Crippen LogP contribution is -2.60. The standard InChI is InChI=1S/C47H81FN4O13.CH2O2/c1-14-35-47(10,59)39(54)30(6)52(20-16-19-49-44(57)50-33-18-15-17-32(48)22-33)25-26(2)23-45(8,58)41(65-43-37(53)34(51(11)12)21-27(3)61-43)28(4)38(29(5)42(56)63-35)64-36-24-46(9,60-13)40(55)31(7)62-36;2-1-3/h15,17-18,22,26-31,34-41,43,53-55,58-59H,14,16,19-21,23-25H2,1-13H3,(H2,49,50,57);1H,(H,2,3)/t26-,27-,28+,29-,30-,31+,34+,35-,36+,37-,38+,39-,40+,41-,43+,45-,46-,47-;/m1./s1. The second-order valence-electron chi connectivity index (χ2n) is 20.1. The number of hydrogen-bond acceptors (Lipinski definition) is 16. The van der Waals surface area contributed by atoms with Crippen molar-refractivity contribution < 1.29 is 77.8 Å². The van der Waals surface area contributed by atoms with Crippen molar-refractivity contribution >= 4 is 24.2 Å². The molecule has 68 heavy (non-hydrogen) atoms. The third kappa shape index (κ3) is 15.4. The molecular weight excluding hydrogens is 892 g/mol. The van der Waals surface area contributed by atoms with E-state index in [0.29, 0.717) is 31.6 Å². The molecule has 3 saturated heterocycles. The van der Waals surface area contributed by atoms with Gasteiger partial charge in [0.05, 0.1) is 41.5 Å². The number of likely N-dealkylation sites (N-methyl/N-ethyl adjacent to an activating group) is 1. The van der Waals surface area contributed by atoms with Crippen LogP contribution in [0.2, 0.25) is 0 Å². The summed E-state index contributed by atoms with van der Waals surface area (Å²) in [6, 6.07) is 3.97. The highest BCUT2D eigenvalue weighted by Gasteiger charge is 2.53. The van der Waals surface area contributed by atoms with Crippen LogP contribution in [0.3, 0.4) is 0 Å². The maximum atomic E-state index is 14.5. The number of carbonyl (C=O) groups excluding carboxylic acids is 2. The van der Waals surface area contributed by atoms with Gasteiger partial charge in [0.1, 0.15) is 35.8 Å². The van der Waals surface area contributed by atoms with Gasteiger partial charge in [-0.15, -0.1) is 0 Å². The molecule has 0 aliphatic carbocycles. The minimum absolute atomic E-state index is 0.0881. The molecular formula is C48H83FN4O15. The lowest BCUT2D eigenvalue weighted by molar-refractivity contribution is -0.318. The number of ether oxygens (including phenoxy) is 6. The van der Waals surface area contributed by atoms with Gasteiger partial charge >= 0.3 is 12.0 Å². The van der Waals surface area contributed by atoms with Crippen LogP contribution in [0, 0.1) is 23.6 Å². The number of carbonyl (C=O) groups is 3. The molecule has 19 nitrogen and oxygen atoms in total. The first kappa shape index (κ1) is 59.2. The quantitative estimate of drug-likeness (QED) is 0.0849. The van der Waals surface area contributed by atoms with E-state index in [1.165, 1.54) is 32.2 Å². The van der Waals surface area contributed by atoms with Gasteiger partial charge in [0.25, 0.3) is 6.47 Å². The Morgan fingerprint density at radius 2 is 1.66 bits per heavy atom. The molecule has 3 fully saturated rings. The second-order valence-corrected chi connectivity index (χ2v) is 20.1. The van der Waals surface area contributed by atoms with Gasteiger partial charge in [-0.25, -0.2) is 9.18 Å². The van der Waals surface area contributed by atoms with E-state index in [1.807, 2.05) is 37.7 Å². The monoisotopic (exact) mass is 975 g/mol. The summed E-state index contributed by atoms with van der Waals surface area (Å²) in [5.74, 6) is -3.45. The van der Waals surface area contributed by atoms with Crippen molar-refractivity contribution in [3.63, 3.8) is 0 Å². The Labute approximate surface area is 401 Å². The number of methoxy groups -OCH3 is 1. The summed E-state index contributed by atoms with van der Waals surface area (Å²) in [7, 11) is 5.22. The first-order valence-electron chi connectivity index (χ1n) is 23.8. The van der Waals surface area contributed by atoms with Crippen molar-refractivity contribution in [2.45, 2.75) is 192 Å². The van der Waals surface area contributed by atoms with Crippen molar-refractivity contribution in [2.24, 2.45) is 17.8 Å². The molecule has 3 aliphatic rings. The van der Waals surface area contributed by atoms with Gasteiger partial charge in [-0.3, -0.25) is 14.5 Å². The normalized spacial score (nSPS) is 40.2. The summed E-state index contributed by atoms with van der Waals surface area (Å²) in [5, 5.41) is 72.0. The van der Waals surface area contributed by atoms with Crippen molar-refractivity contribution in [3.05, 3.63) is 30.1 Å². The number of esters is 1. The molecule has 0 saturated carbocycles. The Hall–Kier alpha value is -3.12. The second kappa shape index (κ2) is 25.8. The fourth-order valence-corrected chi connectivity index (χ4v) is 10.1. The van der Waals surface area contributed by atoms with E-state index >= 15 is 0 Å². The van der Waals surface area contributed by atoms with Gasteiger partial charge in [-0.1, -0.05) is 26.8 Å². The third-order valence-electron chi connectivity index (χ3n) is 14.0. The Balaban J connectivity index is 0.00000397. The molecule has 2 amide bonds. The fourth-order valence-electron chi connectivity index (χ4n) is 10.1. The van der Waals surface area contributed by atoms with Crippen molar-refractivity contribution in [1.82, 2.24) is 15.1 Å². The van der Waals surface area contributed by atoms with E-state index in [-0.39, 0.29) is 50.3 Å². The molecule has 392 valence electrons. The molecule has 1 aromatic rings. The van der Waals surface area contributed by atoms with E-state index in [1.54, 1.807) is 54.5 Å². The topological polar surface area (TPSA) is 259 Å². The zero-order valence-electron chi connectivity index (χ0n) is 42.3. The number of aliphatic hydroxyl groups excluding tert-OH is 3. The van der Waals surface area contributed by atoms with Gasteiger partial charge in [0.15, 0.2) is 12.6 Å². The lowest BCUT2D eigenvalue weighted by atomic mass is 9.77. The Kier molecular flexibility index (Phi) is 22.5. The number of rotatable bonds is 12. The average Bonchev–Trinajstić information content (AvgIpc) is 3.26. The molecule has 0 unspecified atom stereocenters. The first-order chi connectivity index (χ1) is 31.7. The van der Waals surface area contributed by atoms with Crippen LogP contribution >= 0.6 is 0 Å². The summed E-state index contributed by atoms with van der Waals surface area (Å²) in [4.78, 5) is 39.4. The summed E-state index contributed by atoms with van der Waals surface area (Å²) in [5.41, 5.74) is -4.40. The van der Waals surface area contributed by atoms with Gasteiger partial charge in [0, 0.05) is 56.9 Å². The van der Waals surface area contributed by atoms with Crippen LogP contribution < -0.4 is 10.6 Å². The lowest BCUT2D eigenvalue weighted by Gasteiger charge is -2.48. The van der Waals surface area contributed by atoms with Crippen LogP contribution in [0.25, 0.3) is 0 Å².